The minimum atomic E-state index is -0.173. The highest BCUT2D eigenvalue weighted by Gasteiger charge is 2.13. The van der Waals surface area contributed by atoms with E-state index in [1.54, 1.807) is 13.0 Å². The van der Waals surface area contributed by atoms with Gasteiger partial charge < -0.3 is 10.6 Å². The second-order valence-electron chi connectivity index (χ2n) is 5.08. The molecule has 2 nitrogen and oxygen atoms in total. The van der Waals surface area contributed by atoms with Gasteiger partial charge in [0.2, 0.25) is 0 Å². The molecule has 0 aliphatic heterocycles. The van der Waals surface area contributed by atoms with Crippen molar-refractivity contribution in [1.29, 1.82) is 0 Å². The number of nitrogens with zero attached hydrogens (tertiary/aromatic N) is 1. The van der Waals surface area contributed by atoms with Crippen LogP contribution in [0.3, 0.4) is 0 Å². The lowest BCUT2D eigenvalue weighted by atomic mass is 10.0. The largest absolute Gasteiger partial charge is 0.374 e. The Bertz CT molecular complexity index is 388. The Morgan fingerprint density at radius 1 is 1.33 bits per heavy atom. The van der Waals surface area contributed by atoms with Gasteiger partial charge in [0.05, 0.1) is 0 Å². The molecule has 0 aliphatic rings. The van der Waals surface area contributed by atoms with Crippen LogP contribution in [0.5, 0.6) is 0 Å². The first-order chi connectivity index (χ1) is 8.47. The van der Waals surface area contributed by atoms with Gasteiger partial charge in [-0.05, 0) is 43.5 Å². The fourth-order valence-corrected chi connectivity index (χ4v) is 2.10. The molecule has 3 heteroatoms. The lowest BCUT2D eigenvalue weighted by molar-refractivity contribution is 0.612. The summed E-state index contributed by atoms with van der Waals surface area (Å²) in [5.41, 5.74) is 8.55. The summed E-state index contributed by atoms with van der Waals surface area (Å²) in [6.07, 6.45) is 3.58. The summed E-state index contributed by atoms with van der Waals surface area (Å²) in [5.74, 6) is -0.173. The third-order valence-electron chi connectivity index (χ3n) is 3.31. The van der Waals surface area contributed by atoms with Gasteiger partial charge in [0.15, 0.2) is 0 Å². The van der Waals surface area contributed by atoms with Crippen molar-refractivity contribution in [1.82, 2.24) is 0 Å². The highest BCUT2D eigenvalue weighted by molar-refractivity contribution is 5.56. The van der Waals surface area contributed by atoms with E-state index in [2.05, 4.69) is 11.8 Å². The molecule has 0 amide bonds. The molecule has 0 heterocycles. The van der Waals surface area contributed by atoms with Gasteiger partial charge in [-0.25, -0.2) is 4.39 Å². The van der Waals surface area contributed by atoms with Crippen LogP contribution in [0.1, 0.15) is 50.3 Å². The molecule has 0 bridgehead atoms. The maximum atomic E-state index is 13.6. The summed E-state index contributed by atoms with van der Waals surface area (Å²) in [6, 6.07) is 3.33. The average molecular weight is 252 g/mol. The van der Waals surface area contributed by atoms with Gasteiger partial charge in [-0.2, -0.15) is 0 Å². The second kappa shape index (κ2) is 6.74. The molecule has 0 spiro atoms. The van der Waals surface area contributed by atoms with Crippen molar-refractivity contribution >= 4 is 5.69 Å². The van der Waals surface area contributed by atoms with Crippen LogP contribution in [0.2, 0.25) is 0 Å². The van der Waals surface area contributed by atoms with E-state index in [1.165, 1.54) is 12.8 Å². The normalized spacial score (nSPS) is 12.6. The predicted molar refractivity (Wildman–Crippen MR) is 76.5 cm³/mol. The topological polar surface area (TPSA) is 29.3 Å². The van der Waals surface area contributed by atoms with Gasteiger partial charge in [-0.15, -0.1) is 0 Å². The van der Waals surface area contributed by atoms with Crippen molar-refractivity contribution in [2.75, 3.05) is 18.5 Å². The first-order valence-electron chi connectivity index (χ1n) is 6.74. The Morgan fingerprint density at radius 2 is 2.00 bits per heavy atom. The lowest BCUT2D eigenvalue weighted by Gasteiger charge is -2.25. The summed E-state index contributed by atoms with van der Waals surface area (Å²) < 4.78 is 13.6. The zero-order valence-corrected chi connectivity index (χ0v) is 12.0. The number of hydrogen-bond donors (Lipinski definition) is 1. The van der Waals surface area contributed by atoms with Gasteiger partial charge in [0.25, 0.3) is 0 Å². The monoisotopic (exact) mass is 252 g/mol. The van der Waals surface area contributed by atoms with Crippen molar-refractivity contribution < 1.29 is 4.39 Å². The Hall–Kier alpha value is -1.09. The van der Waals surface area contributed by atoms with E-state index in [-0.39, 0.29) is 11.9 Å². The molecule has 1 aromatic carbocycles. The van der Waals surface area contributed by atoms with E-state index in [4.69, 9.17) is 5.73 Å². The van der Waals surface area contributed by atoms with Crippen molar-refractivity contribution in [2.45, 2.75) is 46.1 Å². The van der Waals surface area contributed by atoms with Gasteiger partial charge in [-0.1, -0.05) is 19.8 Å². The lowest BCUT2D eigenvalue weighted by Crippen LogP contribution is -2.22. The minimum Gasteiger partial charge on any atom is -0.374 e. The number of aryl methyl sites for hydroxylation is 1. The van der Waals surface area contributed by atoms with Crippen LogP contribution < -0.4 is 10.6 Å². The standard InChI is InChI=1S/C15H25FN2/c1-5-6-7-8-18(4)15-9-11(2)14(16)10-13(15)12(3)17/h9-10,12H,5-8,17H2,1-4H3. The molecular formula is C15H25FN2. The Kier molecular flexibility index (Phi) is 5.60. The van der Waals surface area contributed by atoms with Crippen LogP contribution in [0, 0.1) is 12.7 Å². The van der Waals surface area contributed by atoms with Gasteiger partial charge >= 0.3 is 0 Å². The summed E-state index contributed by atoms with van der Waals surface area (Å²) in [4.78, 5) is 2.18. The molecule has 0 radical (unpaired) electrons. The maximum absolute atomic E-state index is 13.6. The van der Waals surface area contributed by atoms with Crippen molar-refractivity contribution in [3.63, 3.8) is 0 Å². The van der Waals surface area contributed by atoms with Crippen LogP contribution in [-0.2, 0) is 0 Å². The Balaban J connectivity index is 2.94. The van der Waals surface area contributed by atoms with E-state index in [0.717, 1.165) is 24.2 Å². The first kappa shape index (κ1) is 15.0. The molecular weight excluding hydrogens is 227 g/mol. The highest BCUT2D eigenvalue weighted by Crippen LogP contribution is 2.27. The van der Waals surface area contributed by atoms with Crippen LogP contribution in [0.4, 0.5) is 10.1 Å². The molecule has 2 N–H and O–H groups in total. The quantitative estimate of drug-likeness (QED) is 0.781. The Labute approximate surface area is 110 Å². The average Bonchev–Trinajstić information content (AvgIpc) is 2.32. The molecule has 0 fully saturated rings. The fraction of sp³-hybridized carbons (Fsp3) is 0.600. The zero-order chi connectivity index (χ0) is 13.7. The second-order valence-corrected chi connectivity index (χ2v) is 5.08. The molecule has 0 aliphatic carbocycles. The molecule has 18 heavy (non-hydrogen) atoms. The molecule has 1 rings (SSSR count). The molecule has 0 saturated heterocycles. The van der Waals surface area contributed by atoms with Crippen LogP contribution in [-0.4, -0.2) is 13.6 Å². The number of rotatable bonds is 6. The number of nitrogens with two attached hydrogens (primary N) is 1. The number of hydrogen-bond acceptors (Lipinski definition) is 2. The van der Waals surface area contributed by atoms with E-state index < -0.39 is 0 Å². The first-order valence-corrected chi connectivity index (χ1v) is 6.74. The number of benzene rings is 1. The third kappa shape index (κ3) is 3.70. The summed E-state index contributed by atoms with van der Waals surface area (Å²) in [7, 11) is 2.05. The summed E-state index contributed by atoms with van der Waals surface area (Å²) in [5, 5.41) is 0. The smallest absolute Gasteiger partial charge is 0.126 e. The number of halogens is 1. The number of anilines is 1. The van der Waals surface area contributed by atoms with Crippen molar-refractivity contribution in [3.05, 3.63) is 29.1 Å². The van der Waals surface area contributed by atoms with Crippen LogP contribution in [0.15, 0.2) is 12.1 Å². The molecule has 0 saturated carbocycles. The van der Waals surface area contributed by atoms with Crippen LogP contribution >= 0.6 is 0 Å². The van der Waals surface area contributed by atoms with Gasteiger partial charge in [0, 0.05) is 25.3 Å². The molecule has 102 valence electrons. The highest BCUT2D eigenvalue weighted by atomic mass is 19.1. The van der Waals surface area contributed by atoms with Gasteiger partial charge in [0.1, 0.15) is 5.82 Å². The zero-order valence-electron chi connectivity index (χ0n) is 12.0. The maximum Gasteiger partial charge on any atom is 0.126 e. The number of unbranched alkanes of at least 4 members (excludes halogenated alkanes) is 2. The molecule has 1 aromatic rings. The predicted octanol–water partition coefficient (Wildman–Crippen LogP) is 3.78. The molecule has 1 atom stereocenters. The van der Waals surface area contributed by atoms with E-state index in [9.17, 15) is 4.39 Å². The SMILES string of the molecule is CCCCCN(C)c1cc(C)c(F)cc1C(C)N. The molecule has 0 aromatic heterocycles. The summed E-state index contributed by atoms with van der Waals surface area (Å²) >= 11 is 0. The third-order valence-corrected chi connectivity index (χ3v) is 3.31. The van der Waals surface area contributed by atoms with Crippen molar-refractivity contribution in [3.8, 4) is 0 Å². The minimum absolute atomic E-state index is 0.149. The van der Waals surface area contributed by atoms with Crippen molar-refractivity contribution in [2.24, 2.45) is 5.73 Å². The molecule has 1 unspecified atom stereocenters. The van der Waals surface area contributed by atoms with E-state index in [0.29, 0.717) is 5.56 Å². The van der Waals surface area contributed by atoms with Crippen LogP contribution in [0.25, 0.3) is 0 Å². The van der Waals surface area contributed by atoms with E-state index in [1.807, 2.05) is 20.0 Å². The fourth-order valence-electron chi connectivity index (χ4n) is 2.10. The summed E-state index contributed by atoms with van der Waals surface area (Å²) in [6.45, 7) is 6.87. The Morgan fingerprint density at radius 3 is 2.56 bits per heavy atom. The van der Waals surface area contributed by atoms with Gasteiger partial charge in [-0.3, -0.25) is 0 Å². The van der Waals surface area contributed by atoms with E-state index >= 15 is 0 Å².